The molecule has 0 fully saturated rings. The van der Waals surface area contributed by atoms with Crippen molar-refractivity contribution in [1.29, 1.82) is 0 Å². The Kier molecular flexibility index (Phi) is 4.46. The lowest BCUT2D eigenvalue weighted by Crippen LogP contribution is -2.28. The van der Waals surface area contributed by atoms with Gasteiger partial charge >= 0.3 is 12.1 Å². The summed E-state index contributed by atoms with van der Waals surface area (Å²) in [5.74, 6) is -1.25. The van der Waals surface area contributed by atoms with Crippen LogP contribution < -0.4 is 5.56 Å². The van der Waals surface area contributed by atoms with Gasteiger partial charge in [-0.25, -0.2) is 9.48 Å². The van der Waals surface area contributed by atoms with Crippen molar-refractivity contribution in [2.24, 2.45) is 0 Å². The Bertz CT molecular complexity index is 831. The summed E-state index contributed by atoms with van der Waals surface area (Å²) in [5, 5.41) is 12.5. The maximum Gasteiger partial charge on any atom is 0.418 e. The van der Waals surface area contributed by atoms with Crippen molar-refractivity contribution in [3.05, 3.63) is 62.0 Å². The van der Waals surface area contributed by atoms with Gasteiger partial charge in [0.2, 0.25) is 0 Å². The van der Waals surface area contributed by atoms with Crippen LogP contribution in [-0.2, 0) is 12.7 Å². The van der Waals surface area contributed by atoms with E-state index in [2.05, 4.69) is 5.10 Å². The summed E-state index contributed by atoms with van der Waals surface area (Å²) < 4.78 is 38.9. The largest absolute Gasteiger partial charge is 0.478 e. The zero-order valence-electron chi connectivity index (χ0n) is 11.7. The van der Waals surface area contributed by atoms with Crippen LogP contribution in [0.2, 0.25) is 5.02 Å². The molecule has 0 amide bonds. The van der Waals surface area contributed by atoms with Gasteiger partial charge < -0.3 is 5.11 Å². The van der Waals surface area contributed by atoms with Gasteiger partial charge in [0.1, 0.15) is 0 Å². The number of carbonyl (C=O) groups is 1. The highest BCUT2D eigenvalue weighted by Crippen LogP contribution is 2.29. The first kappa shape index (κ1) is 17.0. The normalized spacial score (nSPS) is 11.5. The SMILES string of the molecule is Cc1c(C(F)(F)F)cnn(Cc2ccc(Cl)c(C(=O)O)c2)c1=O. The van der Waals surface area contributed by atoms with E-state index in [0.29, 0.717) is 11.8 Å². The van der Waals surface area contributed by atoms with E-state index in [0.717, 1.165) is 11.6 Å². The first-order valence-electron chi connectivity index (χ1n) is 6.27. The fourth-order valence-corrected chi connectivity index (χ4v) is 2.19. The molecule has 0 saturated heterocycles. The summed E-state index contributed by atoms with van der Waals surface area (Å²) >= 11 is 5.73. The number of rotatable bonds is 3. The van der Waals surface area contributed by atoms with Crippen LogP contribution in [0.3, 0.4) is 0 Å². The second-order valence-corrected chi connectivity index (χ2v) is 5.17. The molecule has 1 heterocycles. The summed E-state index contributed by atoms with van der Waals surface area (Å²) in [6.07, 6.45) is -4.09. The first-order chi connectivity index (χ1) is 10.6. The molecule has 0 spiro atoms. The van der Waals surface area contributed by atoms with Crippen molar-refractivity contribution in [1.82, 2.24) is 9.78 Å². The molecule has 5 nitrogen and oxygen atoms in total. The van der Waals surface area contributed by atoms with Gasteiger partial charge in [-0.1, -0.05) is 17.7 Å². The van der Waals surface area contributed by atoms with Gasteiger partial charge in [-0.15, -0.1) is 0 Å². The third-order valence-electron chi connectivity index (χ3n) is 3.18. The standard InChI is InChI=1S/C14H10ClF3N2O3/c1-7-10(14(16,17)18)5-19-20(12(7)21)6-8-2-3-11(15)9(4-8)13(22)23/h2-5H,6H2,1H3,(H,22,23). The Morgan fingerprint density at radius 2 is 2.04 bits per heavy atom. The van der Waals surface area contributed by atoms with Gasteiger partial charge in [-0.3, -0.25) is 4.79 Å². The third-order valence-corrected chi connectivity index (χ3v) is 3.51. The van der Waals surface area contributed by atoms with E-state index in [1.54, 1.807) is 0 Å². The minimum Gasteiger partial charge on any atom is -0.478 e. The Morgan fingerprint density at radius 1 is 1.39 bits per heavy atom. The minimum atomic E-state index is -4.66. The van der Waals surface area contributed by atoms with Gasteiger partial charge in [0.25, 0.3) is 5.56 Å². The van der Waals surface area contributed by atoms with Crippen molar-refractivity contribution in [3.63, 3.8) is 0 Å². The average molecular weight is 347 g/mol. The Balaban J connectivity index is 2.42. The Labute approximate surface area is 132 Å². The van der Waals surface area contributed by atoms with Gasteiger partial charge in [0.05, 0.1) is 28.9 Å². The van der Waals surface area contributed by atoms with E-state index in [9.17, 15) is 22.8 Å². The fourth-order valence-electron chi connectivity index (χ4n) is 1.99. The second kappa shape index (κ2) is 6.04. The predicted molar refractivity (Wildman–Crippen MR) is 75.7 cm³/mol. The van der Waals surface area contributed by atoms with Gasteiger partial charge in [-0.2, -0.15) is 18.3 Å². The molecular weight excluding hydrogens is 337 g/mol. The molecule has 0 aliphatic carbocycles. The monoisotopic (exact) mass is 346 g/mol. The van der Waals surface area contributed by atoms with Crippen LogP contribution in [0.5, 0.6) is 0 Å². The highest BCUT2D eigenvalue weighted by molar-refractivity contribution is 6.33. The number of carboxylic acids is 1. The number of benzene rings is 1. The molecule has 0 saturated carbocycles. The maximum absolute atomic E-state index is 12.7. The summed E-state index contributed by atoms with van der Waals surface area (Å²) in [6, 6.07) is 4.05. The van der Waals surface area contributed by atoms with E-state index in [1.807, 2.05) is 0 Å². The highest BCUT2D eigenvalue weighted by atomic mass is 35.5. The highest BCUT2D eigenvalue weighted by Gasteiger charge is 2.34. The lowest BCUT2D eigenvalue weighted by Gasteiger charge is -2.12. The number of nitrogens with zero attached hydrogens (tertiary/aromatic N) is 2. The van der Waals surface area contributed by atoms with Crippen molar-refractivity contribution in [3.8, 4) is 0 Å². The molecule has 1 N–H and O–H groups in total. The van der Waals surface area contributed by atoms with Crippen molar-refractivity contribution >= 4 is 17.6 Å². The molecule has 122 valence electrons. The molecule has 23 heavy (non-hydrogen) atoms. The van der Waals surface area contributed by atoms with Crippen LogP contribution in [0, 0.1) is 6.92 Å². The van der Waals surface area contributed by atoms with Crippen molar-refractivity contribution < 1.29 is 23.1 Å². The third kappa shape index (κ3) is 3.53. The zero-order valence-corrected chi connectivity index (χ0v) is 12.4. The van der Waals surface area contributed by atoms with Crippen LogP contribution in [0.15, 0.2) is 29.2 Å². The van der Waals surface area contributed by atoms with E-state index >= 15 is 0 Å². The number of halogens is 4. The van der Waals surface area contributed by atoms with Crippen LogP contribution in [-0.4, -0.2) is 20.9 Å². The number of aromatic nitrogens is 2. The van der Waals surface area contributed by atoms with Crippen LogP contribution >= 0.6 is 11.6 Å². The Morgan fingerprint density at radius 3 is 2.61 bits per heavy atom. The molecule has 0 bridgehead atoms. The van der Waals surface area contributed by atoms with Gasteiger partial charge in [0, 0.05) is 5.56 Å². The van der Waals surface area contributed by atoms with E-state index in [4.69, 9.17) is 16.7 Å². The summed E-state index contributed by atoms with van der Waals surface area (Å²) in [5.41, 5.74) is -2.26. The number of hydrogen-bond donors (Lipinski definition) is 1. The smallest absolute Gasteiger partial charge is 0.418 e. The molecular formula is C14H10ClF3N2O3. The van der Waals surface area contributed by atoms with Gasteiger partial charge in [-0.05, 0) is 24.6 Å². The second-order valence-electron chi connectivity index (χ2n) is 4.76. The molecule has 0 radical (unpaired) electrons. The topological polar surface area (TPSA) is 72.2 Å². The van der Waals surface area contributed by atoms with Crippen LogP contribution in [0.1, 0.15) is 27.0 Å². The first-order valence-corrected chi connectivity index (χ1v) is 6.64. The van der Waals surface area contributed by atoms with E-state index in [-0.39, 0.29) is 17.1 Å². The molecule has 2 aromatic rings. The maximum atomic E-state index is 12.7. The molecule has 1 aromatic heterocycles. The number of carboxylic acid groups (broad SMARTS) is 1. The molecule has 0 aliphatic heterocycles. The summed E-state index contributed by atoms with van der Waals surface area (Å²) in [7, 11) is 0. The zero-order chi connectivity index (χ0) is 17.4. The lowest BCUT2D eigenvalue weighted by atomic mass is 10.1. The quantitative estimate of drug-likeness (QED) is 0.927. The molecule has 2 rings (SSSR count). The molecule has 1 aromatic carbocycles. The minimum absolute atomic E-state index is 0.0187. The van der Waals surface area contributed by atoms with Gasteiger partial charge in [0.15, 0.2) is 0 Å². The summed E-state index contributed by atoms with van der Waals surface area (Å²) in [6.45, 7) is 0.892. The van der Waals surface area contributed by atoms with Crippen molar-refractivity contribution in [2.75, 3.05) is 0 Å². The van der Waals surface area contributed by atoms with Crippen LogP contribution in [0.25, 0.3) is 0 Å². The molecule has 0 aliphatic rings. The van der Waals surface area contributed by atoms with E-state index in [1.165, 1.54) is 18.2 Å². The van der Waals surface area contributed by atoms with E-state index < -0.39 is 28.8 Å². The number of aromatic carboxylic acids is 1. The summed E-state index contributed by atoms with van der Waals surface area (Å²) in [4.78, 5) is 23.0. The number of hydrogen-bond acceptors (Lipinski definition) is 3. The molecule has 0 atom stereocenters. The number of alkyl halides is 3. The molecule has 9 heteroatoms. The predicted octanol–water partition coefficient (Wildman–Crippen LogP) is 2.97. The fraction of sp³-hybridized carbons (Fsp3) is 0.214. The average Bonchev–Trinajstić information content (AvgIpc) is 2.44. The Hall–Kier alpha value is -2.35. The van der Waals surface area contributed by atoms with Crippen LogP contribution in [0.4, 0.5) is 13.2 Å². The molecule has 0 unspecified atom stereocenters. The van der Waals surface area contributed by atoms with Crippen molar-refractivity contribution in [2.45, 2.75) is 19.6 Å². The lowest BCUT2D eigenvalue weighted by molar-refractivity contribution is -0.138.